The van der Waals surface area contributed by atoms with Gasteiger partial charge in [0.05, 0.1) is 25.4 Å². The molecule has 6 heteroatoms. The van der Waals surface area contributed by atoms with Crippen molar-refractivity contribution in [3.8, 4) is 0 Å². The molecule has 6 nitrogen and oxygen atoms in total. The zero-order chi connectivity index (χ0) is 64.2. The molecule has 0 bridgehead atoms. The van der Waals surface area contributed by atoms with Crippen molar-refractivity contribution < 1.29 is 24.5 Å². The van der Waals surface area contributed by atoms with Crippen molar-refractivity contribution in [2.45, 2.75) is 443 Å². The first-order valence-corrected chi connectivity index (χ1v) is 40.1. The van der Waals surface area contributed by atoms with Gasteiger partial charge in [-0.05, 0) is 96.3 Å². The number of unbranched alkanes of at least 4 members (excludes halogenated alkanes) is 56. The van der Waals surface area contributed by atoms with Crippen LogP contribution in [0.3, 0.4) is 0 Å². The third-order valence-corrected chi connectivity index (χ3v) is 18.5. The van der Waals surface area contributed by atoms with Crippen molar-refractivity contribution >= 4 is 11.9 Å². The van der Waals surface area contributed by atoms with Gasteiger partial charge >= 0.3 is 5.97 Å². The maximum Gasteiger partial charge on any atom is 0.305 e. The molecule has 1 amide bonds. The predicted octanol–water partition coefficient (Wildman–Crippen LogP) is 26.5. The van der Waals surface area contributed by atoms with Gasteiger partial charge in [-0.1, -0.05) is 383 Å². The second-order valence-corrected chi connectivity index (χ2v) is 27.4. The number of ether oxygens (including phenoxy) is 1. The molecule has 89 heavy (non-hydrogen) atoms. The highest BCUT2D eigenvalue weighted by Gasteiger charge is 2.18. The lowest BCUT2D eigenvalue weighted by atomic mass is 10.0. The van der Waals surface area contributed by atoms with Crippen molar-refractivity contribution in [2.24, 2.45) is 0 Å². The molecular formula is C83H155NO5. The van der Waals surface area contributed by atoms with E-state index >= 15 is 0 Å². The average Bonchev–Trinajstić information content (AvgIpc) is 3.63. The summed E-state index contributed by atoms with van der Waals surface area (Å²) >= 11 is 0. The summed E-state index contributed by atoms with van der Waals surface area (Å²) in [6.07, 6.45) is 105. The first-order valence-electron chi connectivity index (χ1n) is 40.1. The van der Waals surface area contributed by atoms with Crippen molar-refractivity contribution in [1.29, 1.82) is 0 Å². The second kappa shape index (κ2) is 78.0. The van der Waals surface area contributed by atoms with Gasteiger partial charge in [0.15, 0.2) is 0 Å². The van der Waals surface area contributed by atoms with E-state index in [0.29, 0.717) is 19.4 Å². The number of esters is 1. The third-order valence-electron chi connectivity index (χ3n) is 18.5. The Morgan fingerprint density at radius 2 is 0.562 bits per heavy atom. The number of aliphatic hydroxyl groups excluding tert-OH is 2. The van der Waals surface area contributed by atoms with Gasteiger partial charge in [-0.2, -0.15) is 0 Å². The van der Waals surface area contributed by atoms with Crippen LogP contribution in [0.1, 0.15) is 431 Å². The Balaban J connectivity index is 3.39. The van der Waals surface area contributed by atoms with Gasteiger partial charge in [0.1, 0.15) is 0 Å². The smallest absolute Gasteiger partial charge is 0.305 e. The van der Waals surface area contributed by atoms with E-state index in [1.54, 1.807) is 6.08 Å². The van der Waals surface area contributed by atoms with Crippen molar-refractivity contribution in [1.82, 2.24) is 5.32 Å². The summed E-state index contributed by atoms with van der Waals surface area (Å²) in [7, 11) is 0. The highest BCUT2D eigenvalue weighted by Crippen LogP contribution is 2.19. The minimum atomic E-state index is -0.844. The highest BCUT2D eigenvalue weighted by atomic mass is 16.5. The molecule has 0 saturated heterocycles. The number of hydrogen-bond acceptors (Lipinski definition) is 5. The van der Waals surface area contributed by atoms with Crippen LogP contribution < -0.4 is 5.32 Å². The molecule has 0 aliphatic heterocycles. The lowest BCUT2D eigenvalue weighted by Gasteiger charge is -2.20. The third kappa shape index (κ3) is 74.5. The summed E-state index contributed by atoms with van der Waals surface area (Å²) < 4.78 is 5.49. The zero-order valence-corrected chi connectivity index (χ0v) is 59.9. The van der Waals surface area contributed by atoms with Crippen LogP contribution in [0.2, 0.25) is 0 Å². The quantitative estimate of drug-likeness (QED) is 0.0320. The monoisotopic (exact) mass is 1250 g/mol. The summed E-state index contributed by atoms with van der Waals surface area (Å²) in [5.74, 6) is -0.0570. The Bertz CT molecular complexity index is 1530. The van der Waals surface area contributed by atoms with E-state index in [4.69, 9.17) is 4.74 Å². The fraction of sp³-hybridized carbons (Fsp3) is 0.855. The van der Waals surface area contributed by atoms with Gasteiger partial charge in [0, 0.05) is 12.8 Å². The van der Waals surface area contributed by atoms with Crippen LogP contribution in [0.5, 0.6) is 0 Å². The fourth-order valence-corrected chi connectivity index (χ4v) is 12.4. The summed E-state index contributed by atoms with van der Waals surface area (Å²) in [5, 5.41) is 23.3. The molecule has 0 saturated carbocycles. The highest BCUT2D eigenvalue weighted by molar-refractivity contribution is 5.76. The molecule has 0 aliphatic carbocycles. The molecule has 0 rings (SSSR count). The number of rotatable bonds is 75. The minimum absolute atomic E-state index is 0.00465. The first-order chi connectivity index (χ1) is 44.0. The molecule has 0 radical (unpaired) electrons. The van der Waals surface area contributed by atoms with Crippen LogP contribution in [-0.2, 0) is 14.3 Å². The molecule has 522 valence electrons. The standard InChI is InChI=1S/C83H155NO5/c1-3-5-7-9-11-13-15-17-19-20-21-41-44-48-51-55-59-63-67-71-75-81(86)80(79-85)84-82(87)76-72-68-64-60-56-52-49-45-42-39-37-35-33-31-29-27-25-23-22-24-26-28-30-32-34-36-38-40-43-46-50-54-58-62-66-70-74-78-89-83(88)77-73-69-65-61-57-53-47-18-16-14-12-10-8-6-4-2/h12,14,18,22,24,28,30,47,71,75,80-81,85-86H,3-11,13,15-17,19-21,23,25-27,29,31-46,48-70,72-74,76-79H2,1-2H3,(H,84,87)/b14-12-,24-22-,30-28-,47-18-,75-71+. The van der Waals surface area contributed by atoms with Crippen molar-refractivity contribution in [3.05, 3.63) is 60.8 Å². The topological polar surface area (TPSA) is 95.9 Å². The molecular weight excluding hydrogens is 1090 g/mol. The summed E-state index contributed by atoms with van der Waals surface area (Å²) in [4.78, 5) is 24.6. The second-order valence-electron chi connectivity index (χ2n) is 27.4. The van der Waals surface area contributed by atoms with E-state index in [1.165, 1.54) is 347 Å². The Labute approximate surface area is 556 Å². The molecule has 0 aromatic carbocycles. The predicted molar refractivity (Wildman–Crippen MR) is 393 cm³/mol. The van der Waals surface area contributed by atoms with Crippen molar-refractivity contribution in [2.75, 3.05) is 13.2 Å². The zero-order valence-electron chi connectivity index (χ0n) is 59.9. The number of amides is 1. The molecule has 2 atom stereocenters. The number of carbonyl (C=O) groups excluding carboxylic acids is 2. The molecule has 0 aliphatic rings. The maximum atomic E-state index is 12.5. The normalized spacial score (nSPS) is 12.8. The van der Waals surface area contributed by atoms with E-state index in [-0.39, 0.29) is 18.5 Å². The van der Waals surface area contributed by atoms with E-state index in [0.717, 1.165) is 57.8 Å². The Kier molecular flexibility index (Phi) is 75.9. The Morgan fingerprint density at radius 3 is 0.876 bits per heavy atom. The molecule has 0 fully saturated rings. The van der Waals surface area contributed by atoms with Gasteiger partial charge in [-0.3, -0.25) is 9.59 Å². The lowest BCUT2D eigenvalue weighted by molar-refractivity contribution is -0.143. The van der Waals surface area contributed by atoms with E-state index in [9.17, 15) is 19.8 Å². The number of nitrogens with one attached hydrogen (secondary N) is 1. The molecule has 3 N–H and O–H groups in total. The van der Waals surface area contributed by atoms with Gasteiger partial charge in [0.2, 0.25) is 5.91 Å². The largest absolute Gasteiger partial charge is 0.466 e. The van der Waals surface area contributed by atoms with Gasteiger partial charge < -0.3 is 20.3 Å². The van der Waals surface area contributed by atoms with Crippen LogP contribution >= 0.6 is 0 Å². The average molecular weight is 1250 g/mol. The number of carbonyl (C=O) groups is 2. The van der Waals surface area contributed by atoms with Crippen LogP contribution in [0.25, 0.3) is 0 Å². The van der Waals surface area contributed by atoms with Crippen LogP contribution in [-0.4, -0.2) is 47.4 Å². The van der Waals surface area contributed by atoms with Gasteiger partial charge in [-0.15, -0.1) is 0 Å². The van der Waals surface area contributed by atoms with Gasteiger partial charge in [0.25, 0.3) is 0 Å². The molecule has 0 aromatic heterocycles. The Morgan fingerprint density at radius 1 is 0.315 bits per heavy atom. The molecule has 0 spiro atoms. The van der Waals surface area contributed by atoms with E-state index < -0.39 is 12.1 Å². The molecule has 0 heterocycles. The lowest BCUT2D eigenvalue weighted by Crippen LogP contribution is -2.45. The molecule has 0 aromatic rings. The van der Waals surface area contributed by atoms with Crippen molar-refractivity contribution in [3.63, 3.8) is 0 Å². The fourth-order valence-electron chi connectivity index (χ4n) is 12.4. The van der Waals surface area contributed by atoms with E-state index in [2.05, 4.69) is 67.8 Å². The summed E-state index contributed by atoms with van der Waals surface area (Å²) in [6.45, 7) is 4.91. The maximum absolute atomic E-state index is 12.5. The number of hydrogen-bond donors (Lipinski definition) is 3. The van der Waals surface area contributed by atoms with E-state index in [1.807, 2.05) is 6.08 Å². The van der Waals surface area contributed by atoms with Crippen LogP contribution in [0, 0.1) is 0 Å². The summed E-state index contributed by atoms with van der Waals surface area (Å²) in [5.41, 5.74) is 0. The number of allylic oxidation sites excluding steroid dienone is 9. The summed E-state index contributed by atoms with van der Waals surface area (Å²) in [6, 6.07) is -0.628. The first kappa shape index (κ1) is 86.6. The van der Waals surface area contributed by atoms with Crippen LogP contribution in [0.15, 0.2) is 60.8 Å². The van der Waals surface area contributed by atoms with Crippen LogP contribution in [0.4, 0.5) is 0 Å². The number of aliphatic hydroxyl groups is 2. The van der Waals surface area contributed by atoms with Gasteiger partial charge in [-0.25, -0.2) is 0 Å². The SMILES string of the molecule is CCCCC/C=C\C/C=C\CCCCCCCC(=O)OCCCCCCCCCCCCCCC/C=C\C/C=C\CCCCCCCCCCCCCCCCCCCC(=O)NC(CO)C(O)/C=C/CCCCCCCCCCCCCCCCCCCC. The Hall–Kier alpha value is -2.44. The molecule has 2 unspecified atom stereocenters. The minimum Gasteiger partial charge on any atom is -0.466 e.